The molecule has 5 nitrogen and oxygen atoms in total. The second-order valence-electron chi connectivity index (χ2n) is 11.4. The summed E-state index contributed by atoms with van der Waals surface area (Å²) in [6, 6.07) is 11.3. The molecule has 2 atom stereocenters. The summed E-state index contributed by atoms with van der Waals surface area (Å²) in [5, 5.41) is 3.22. The molecule has 3 saturated heterocycles. The number of nitrogens with zero attached hydrogens (tertiary/aromatic N) is 1. The summed E-state index contributed by atoms with van der Waals surface area (Å²) in [4.78, 5) is 15.5. The van der Waals surface area contributed by atoms with Gasteiger partial charge < -0.3 is 19.7 Å². The van der Waals surface area contributed by atoms with Crippen molar-refractivity contribution in [3.05, 3.63) is 52.6 Å². The van der Waals surface area contributed by atoms with Crippen LogP contribution in [0.5, 0.6) is 5.75 Å². The zero-order valence-electron chi connectivity index (χ0n) is 21.9. The molecule has 5 heteroatoms. The van der Waals surface area contributed by atoms with Crippen LogP contribution in [0.2, 0.25) is 0 Å². The Morgan fingerprint density at radius 2 is 1.80 bits per heavy atom. The van der Waals surface area contributed by atoms with Crippen molar-refractivity contribution in [3.63, 3.8) is 0 Å². The Kier molecular flexibility index (Phi) is 6.56. The Balaban J connectivity index is 1.36. The molecule has 1 amide bonds. The van der Waals surface area contributed by atoms with Crippen LogP contribution in [0.25, 0.3) is 11.1 Å². The van der Waals surface area contributed by atoms with Crippen LogP contribution < -0.4 is 10.1 Å². The first kappa shape index (κ1) is 24.2. The number of hydrogen-bond acceptors (Lipinski definition) is 4. The van der Waals surface area contributed by atoms with Crippen LogP contribution in [0.15, 0.2) is 30.3 Å². The largest absolute Gasteiger partial charge is 0.493 e. The van der Waals surface area contributed by atoms with E-state index in [1.807, 2.05) is 6.92 Å². The van der Waals surface area contributed by atoms with Gasteiger partial charge in [0.2, 0.25) is 0 Å². The van der Waals surface area contributed by atoms with E-state index in [4.69, 9.17) is 9.47 Å². The number of benzene rings is 2. The summed E-state index contributed by atoms with van der Waals surface area (Å²) in [5.41, 5.74) is 7.05. The molecule has 0 unspecified atom stereocenters. The van der Waals surface area contributed by atoms with Gasteiger partial charge in [0, 0.05) is 18.0 Å². The van der Waals surface area contributed by atoms with E-state index in [2.05, 4.69) is 68.2 Å². The average Bonchev–Trinajstić information content (AvgIpc) is 2.83. The Labute approximate surface area is 210 Å². The lowest BCUT2D eigenvalue weighted by atomic mass is 9.71. The van der Waals surface area contributed by atoms with Crippen molar-refractivity contribution in [1.82, 2.24) is 10.2 Å². The summed E-state index contributed by atoms with van der Waals surface area (Å²) < 4.78 is 12.0. The Hall–Kier alpha value is -2.53. The molecular formula is C30H40N2O3. The number of carbonyl (C=O) groups excluding carboxylic acids is 1. The summed E-state index contributed by atoms with van der Waals surface area (Å²) in [6.45, 7) is 14.6. The molecule has 3 aliphatic heterocycles. The zero-order chi connectivity index (χ0) is 24.7. The number of amides is 1. The van der Waals surface area contributed by atoms with E-state index in [9.17, 15) is 4.79 Å². The molecule has 3 fully saturated rings. The van der Waals surface area contributed by atoms with Crippen molar-refractivity contribution in [1.29, 1.82) is 0 Å². The van der Waals surface area contributed by atoms with Gasteiger partial charge in [-0.1, -0.05) is 32.0 Å². The molecule has 35 heavy (non-hydrogen) atoms. The summed E-state index contributed by atoms with van der Waals surface area (Å²) in [6.07, 6.45) is 3.82. The molecule has 0 saturated carbocycles. The van der Waals surface area contributed by atoms with E-state index < -0.39 is 0 Å². The molecule has 0 aromatic heterocycles. The van der Waals surface area contributed by atoms with Gasteiger partial charge in [0.1, 0.15) is 11.9 Å². The smallest absolute Gasteiger partial charge is 0.408 e. The molecule has 1 aliphatic carbocycles. The van der Waals surface area contributed by atoms with Gasteiger partial charge >= 0.3 is 6.09 Å². The molecule has 6 rings (SSSR count). The topological polar surface area (TPSA) is 50.8 Å². The third-order valence-corrected chi connectivity index (χ3v) is 8.44. The third kappa shape index (κ3) is 4.80. The van der Waals surface area contributed by atoms with Crippen molar-refractivity contribution >= 4 is 6.09 Å². The minimum absolute atomic E-state index is 0.104. The maximum atomic E-state index is 13.0. The molecule has 0 spiro atoms. The molecule has 2 aromatic carbocycles. The lowest BCUT2D eigenvalue weighted by Gasteiger charge is -2.45. The van der Waals surface area contributed by atoms with Crippen LogP contribution in [0, 0.1) is 25.2 Å². The highest BCUT2D eigenvalue weighted by atomic mass is 16.6. The normalized spacial score (nSPS) is 26.7. The van der Waals surface area contributed by atoms with E-state index in [0.29, 0.717) is 12.5 Å². The second-order valence-corrected chi connectivity index (χ2v) is 11.4. The fourth-order valence-electron chi connectivity index (χ4n) is 6.40. The van der Waals surface area contributed by atoms with Crippen molar-refractivity contribution in [2.24, 2.45) is 11.3 Å². The first-order valence-corrected chi connectivity index (χ1v) is 13.3. The predicted molar refractivity (Wildman–Crippen MR) is 140 cm³/mol. The highest BCUT2D eigenvalue weighted by Gasteiger charge is 2.40. The Bertz CT molecular complexity index is 1080. The van der Waals surface area contributed by atoms with Crippen LogP contribution in [0.3, 0.4) is 0 Å². The molecule has 0 radical (unpaired) electrons. The fraction of sp³-hybridized carbons (Fsp3) is 0.567. The maximum absolute atomic E-state index is 13.0. The van der Waals surface area contributed by atoms with Crippen LogP contribution >= 0.6 is 0 Å². The number of rotatable bonds is 5. The minimum Gasteiger partial charge on any atom is -0.493 e. The Morgan fingerprint density at radius 1 is 1.09 bits per heavy atom. The number of hydrogen-bond donors (Lipinski definition) is 1. The predicted octanol–water partition coefficient (Wildman–Crippen LogP) is 6.20. The highest BCUT2D eigenvalue weighted by molar-refractivity contribution is 5.70. The van der Waals surface area contributed by atoms with Gasteiger partial charge in [-0.2, -0.15) is 0 Å². The zero-order valence-corrected chi connectivity index (χ0v) is 21.9. The molecule has 4 aliphatic rings. The van der Waals surface area contributed by atoms with E-state index in [1.165, 1.54) is 29.5 Å². The lowest BCUT2D eigenvalue weighted by molar-refractivity contribution is 0.00123. The molecule has 2 aromatic rings. The highest BCUT2D eigenvalue weighted by Crippen LogP contribution is 2.47. The van der Waals surface area contributed by atoms with Gasteiger partial charge in [0.05, 0.1) is 6.61 Å². The van der Waals surface area contributed by atoms with Crippen molar-refractivity contribution in [2.75, 3.05) is 26.2 Å². The summed E-state index contributed by atoms with van der Waals surface area (Å²) in [7, 11) is 0. The SMILES string of the molecule is CCOc1c(C)cc(-c2ccc3c(c2)CCC(C)(C)[C@H]3OC(=O)N[C@@H]2CN3CCC2CC3)cc1C. The Morgan fingerprint density at radius 3 is 2.43 bits per heavy atom. The number of nitrogens with one attached hydrogen (secondary N) is 1. The van der Waals surface area contributed by atoms with Crippen LogP contribution in [0.1, 0.15) is 68.4 Å². The van der Waals surface area contributed by atoms with Gasteiger partial charge in [-0.25, -0.2) is 4.79 Å². The van der Waals surface area contributed by atoms with Crippen molar-refractivity contribution in [2.45, 2.75) is 72.4 Å². The van der Waals surface area contributed by atoms with Crippen LogP contribution in [0.4, 0.5) is 4.79 Å². The fourth-order valence-corrected chi connectivity index (χ4v) is 6.40. The standard InChI is InChI=1S/C30H40N2O3/c1-6-34-27-19(2)15-24(16-20(27)3)22-7-8-25-23(17-22)9-12-30(4,5)28(25)35-29(33)31-26-18-32-13-10-21(26)11-14-32/h7-8,15-17,21,26,28H,6,9-14,18H2,1-5H3,(H,31,33)/t26-,28+/m1/s1. The van der Waals surface area contributed by atoms with Gasteiger partial charge in [0.15, 0.2) is 0 Å². The van der Waals surface area contributed by atoms with Crippen molar-refractivity contribution in [3.8, 4) is 16.9 Å². The summed E-state index contributed by atoms with van der Waals surface area (Å²) >= 11 is 0. The first-order valence-electron chi connectivity index (χ1n) is 13.3. The van der Waals surface area contributed by atoms with E-state index >= 15 is 0 Å². The lowest BCUT2D eigenvalue weighted by Crippen LogP contribution is -2.57. The van der Waals surface area contributed by atoms with Gasteiger partial charge in [-0.05, 0) is 111 Å². The van der Waals surface area contributed by atoms with E-state index in [-0.39, 0.29) is 23.7 Å². The minimum atomic E-state index is -0.267. The summed E-state index contributed by atoms with van der Waals surface area (Å²) in [5.74, 6) is 1.57. The second kappa shape index (κ2) is 9.50. The quantitative estimate of drug-likeness (QED) is 0.558. The molecule has 188 valence electrons. The van der Waals surface area contributed by atoms with Crippen molar-refractivity contribution < 1.29 is 14.3 Å². The first-order chi connectivity index (χ1) is 16.7. The van der Waals surface area contributed by atoms with E-state index in [0.717, 1.165) is 54.9 Å². The number of carbonyl (C=O) groups is 1. The monoisotopic (exact) mass is 476 g/mol. The molecular weight excluding hydrogens is 436 g/mol. The van der Waals surface area contributed by atoms with Crippen LogP contribution in [-0.4, -0.2) is 43.3 Å². The molecule has 3 heterocycles. The number of aryl methyl sites for hydroxylation is 3. The molecule has 2 bridgehead atoms. The van der Waals surface area contributed by atoms with E-state index in [1.54, 1.807) is 0 Å². The van der Waals surface area contributed by atoms with Gasteiger partial charge in [-0.3, -0.25) is 0 Å². The average molecular weight is 477 g/mol. The molecule has 1 N–H and O–H groups in total. The number of fused-ring (bicyclic) bond motifs is 4. The third-order valence-electron chi connectivity index (χ3n) is 8.44. The van der Waals surface area contributed by atoms with Gasteiger partial charge in [-0.15, -0.1) is 0 Å². The number of ether oxygens (including phenoxy) is 2. The number of alkyl carbamates (subject to hydrolysis) is 1. The maximum Gasteiger partial charge on any atom is 0.408 e. The van der Waals surface area contributed by atoms with Crippen LogP contribution in [-0.2, 0) is 11.2 Å². The number of piperidine rings is 3. The van der Waals surface area contributed by atoms with Gasteiger partial charge in [0.25, 0.3) is 0 Å².